The largest absolute Gasteiger partial charge is 0.478 e. The van der Waals surface area contributed by atoms with Gasteiger partial charge in [0.1, 0.15) is 5.56 Å². The third-order valence-electron chi connectivity index (χ3n) is 3.17. The maximum absolute atomic E-state index is 11.6. The number of aromatic nitrogens is 2. The van der Waals surface area contributed by atoms with Crippen LogP contribution >= 0.6 is 0 Å². The van der Waals surface area contributed by atoms with E-state index in [1.165, 1.54) is 10.9 Å². The molecular formula is C14H16N2O4S. The Bertz CT molecular complexity index is 736. The van der Waals surface area contributed by atoms with Crippen molar-refractivity contribution < 1.29 is 18.3 Å². The summed E-state index contributed by atoms with van der Waals surface area (Å²) in [5, 5.41) is 13.3. The molecule has 0 unspecified atom stereocenters. The van der Waals surface area contributed by atoms with Crippen LogP contribution in [0.25, 0.3) is 11.3 Å². The van der Waals surface area contributed by atoms with E-state index in [9.17, 15) is 18.3 Å². The van der Waals surface area contributed by atoms with Crippen LogP contribution in [0.1, 0.15) is 17.3 Å². The van der Waals surface area contributed by atoms with Gasteiger partial charge in [-0.25, -0.2) is 13.2 Å². The molecule has 0 radical (unpaired) electrons. The van der Waals surface area contributed by atoms with E-state index in [1.54, 1.807) is 31.2 Å². The van der Waals surface area contributed by atoms with Gasteiger partial charge in [-0.1, -0.05) is 37.3 Å². The molecule has 1 aromatic heterocycles. The van der Waals surface area contributed by atoms with Gasteiger partial charge in [0.15, 0.2) is 9.84 Å². The molecular weight excluding hydrogens is 292 g/mol. The SMILES string of the molecule is CCS(=O)(=O)CCn1ncc(C(=O)O)c1-c1ccccc1. The van der Waals surface area contributed by atoms with Crippen LogP contribution in [0.15, 0.2) is 36.5 Å². The zero-order chi connectivity index (χ0) is 15.5. The molecule has 0 aliphatic heterocycles. The number of hydrogen-bond acceptors (Lipinski definition) is 4. The first-order valence-corrected chi connectivity index (χ1v) is 8.31. The second kappa shape index (κ2) is 6.09. The molecule has 2 aromatic rings. The number of aryl methyl sites for hydroxylation is 1. The quantitative estimate of drug-likeness (QED) is 0.877. The van der Waals surface area contributed by atoms with Crippen molar-refractivity contribution in [3.05, 3.63) is 42.1 Å². The van der Waals surface area contributed by atoms with Crippen LogP contribution in [0.2, 0.25) is 0 Å². The molecule has 0 aliphatic rings. The van der Waals surface area contributed by atoms with Gasteiger partial charge in [0.05, 0.1) is 24.2 Å². The summed E-state index contributed by atoms with van der Waals surface area (Å²) in [6.07, 6.45) is 1.25. The minimum atomic E-state index is -3.14. The summed E-state index contributed by atoms with van der Waals surface area (Å²) in [5.74, 6) is -1.09. The summed E-state index contributed by atoms with van der Waals surface area (Å²) in [5.41, 5.74) is 1.19. The Labute approximate surface area is 123 Å². The average Bonchev–Trinajstić information content (AvgIpc) is 2.90. The van der Waals surface area contributed by atoms with Crippen LogP contribution in [0.4, 0.5) is 0 Å². The van der Waals surface area contributed by atoms with Gasteiger partial charge in [0, 0.05) is 11.3 Å². The Hall–Kier alpha value is -2.15. The smallest absolute Gasteiger partial charge is 0.339 e. The number of hydrogen-bond donors (Lipinski definition) is 1. The second-order valence-electron chi connectivity index (χ2n) is 4.54. The second-order valence-corrected chi connectivity index (χ2v) is 7.01. The van der Waals surface area contributed by atoms with Crippen molar-refractivity contribution in [1.29, 1.82) is 0 Å². The topological polar surface area (TPSA) is 89.3 Å². The third kappa shape index (κ3) is 3.49. The lowest BCUT2D eigenvalue weighted by molar-refractivity contribution is 0.0697. The van der Waals surface area contributed by atoms with Crippen molar-refractivity contribution in [2.75, 3.05) is 11.5 Å². The van der Waals surface area contributed by atoms with Crippen LogP contribution in [-0.4, -0.2) is 40.8 Å². The molecule has 0 saturated heterocycles. The highest BCUT2D eigenvalue weighted by Crippen LogP contribution is 2.23. The molecule has 7 heteroatoms. The molecule has 0 aliphatic carbocycles. The highest BCUT2D eigenvalue weighted by molar-refractivity contribution is 7.91. The molecule has 0 spiro atoms. The van der Waals surface area contributed by atoms with Crippen molar-refractivity contribution in [2.24, 2.45) is 0 Å². The molecule has 0 atom stereocenters. The molecule has 1 aromatic carbocycles. The van der Waals surface area contributed by atoms with Crippen molar-refractivity contribution in [3.8, 4) is 11.3 Å². The fraction of sp³-hybridized carbons (Fsp3) is 0.286. The van der Waals surface area contributed by atoms with Gasteiger partial charge in [-0.3, -0.25) is 4.68 Å². The van der Waals surface area contributed by atoms with Gasteiger partial charge >= 0.3 is 5.97 Å². The van der Waals surface area contributed by atoms with E-state index in [2.05, 4.69) is 5.10 Å². The van der Waals surface area contributed by atoms with Crippen LogP contribution in [0, 0.1) is 0 Å². The Morgan fingerprint density at radius 1 is 1.29 bits per heavy atom. The van der Waals surface area contributed by atoms with Crippen molar-refractivity contribution in [1.82, 2.24) is 9.78 Å². The normalized spacial score (nSPS) is 11.5. The number of sulfone groups is 1. The van der Waals surface area contributed by atoms with E-state index in [1.807, 2.05) is 6.07 Å². The minimum Gasteiger partial charge on any atom is -0.478 e. The van der Waals surface area contributed by atoms with Gasteiger partial charge in [0.25, 0.3) is 0 Å². The summed E-state index contributed by atoms with van der Waals surface area (Å²) in [6, 6.07) is 8.96. The molecule has 0 bridgehead atoms. The summed E-state index contributed by atoms with van der Waals surface area (Å²) < 4.78 is 24.6. The molecule has 6 nitrogen and oxygen atoms in total. The zero-order valence-corrected chi connectivity index (χ0v) is 12.4. The number of nitrogens with zero attached hydrogens (tertiary/aromatic N) is 2. The number of carboxylic acids is 1. The molecule has 0 amide bonds. The van der Waals surface area contributed by atoms with Gasteiger partial charge < -0.3 is 5.11 Å². The van der Waals surface area contributed by atoms with Gasteiger partial charge in [0.2, 0.25) is 0 Å². The highest BCUT2D eigenvalue weighted by atomic mass is 32.2. The third-order valence-corrected chi connectivity index (χ3v) is 4.86. The highest BCUT2D eigenvalue weighted by Gasteiger charge is 2.19. The van der Waals surface area contributed by atoms with E-state index in [-0.39, 0.29) is 23.6 Å². The number of aromatic carboxylic acids is 1. The Kier molecular flexibility index (Phi) is 4.42. The molecule has 1 heterocycles. The fourth-order valence-electron chi connectivity index (χ4n) is 1.98. The van der Waals surface area contributed by atoms with Gasteiger partial charge in [-0.2, -0.15) is 5.10 Å². The first-order chi connectivity index (χ1) is 9.94. The molecule has 112 valence electrons. The predicted octanol–water partition coefficient (Wildman–Crippen LogP) is 1.68. The summed E-state index contributed by atoms with van der Waals surface area (Å²) in [7, 11) is -3.14. The van der Waals surface area contributed by atoms with E-state index < -0.39 is 15.8 Å². The van der Waals surface area contributed by atoms with Crippen molar-refractivity contribution in [3.63, 3.8) is 0 Å². The number of carbonyl (C=O) groups is 1. The summed E-state index contributed by atoms with van der Waals surface area (Å²) in [4.78, 5) is 11.3. The lowest BCUT2D eigenvalue weighted by Gasteiger charge is -2.09. The maximum atomic E-state index is 11.6. The molecule has 2 rings (SSSR count). The number of rotatable bonds is 6. The van der Waals surface area contributed by atoms with Crippen LogP contribution in [0.5, 0.6) is 0 Å². The number of benzene rings is 1. The number of carboxylic acid groups (broad SMARTS) is 1. The average molecular weight is 308 g/mol. The van der Waals surface area contributed by atoms with Crippen LogP contribution in [0.3, 0.4) is 0 Å². The first kappa shape index (κ1) is 15.2. The Balaban J connectivity index is 2.41. The van der Waals surface area contributed by atoms with Crippen LogP contribution < -0.4 is 0 Å². The van der Waals surface area contributed by atoms with Crippen LogP contribution in [-0.2, 0) is 16.4 Å². The molecule has 0 fully saturated rings. The first-order valence-electron chi connectivity index (χ1n) is 6.49. The lowest BCUT2D eigenvalue weighted by atomic mass is 10.1. The summed E-state index contributed by atoms with van der Waals surface area (Å²) >= 11 is 0. The standard InChI is InChI=1S/C14H16N2O4S/c1-2-21(19,20)9-8-16-13(11-6-4-3-5-7-11)12(10-15-16)14(17)18/h3-7,10H,2,8-9H2,1H3,(H,17,18). The van der Waals surface area contributed by atoms with Gasteiger partial charge in [-0.15, -0.1) is 0 Å². The predicted molar refractivity (Wildman–Crippen MR) is 79.0 cm³/mol. The Morgan fingerprint density at radius 3 is 2.52 bits per heavy atom. The summed E-state index contributed by atoms with van der Waals surface area (Å²) in [6.45, 7) is 1.72. The lowest BCUT2D eigenvalue weighted by Crippen LogP contribution is -2.16. The van der Waals surface area contributed by atoms with Gasteiger partial charge in [-0.05, 0) is 0 Å². The van der Waals surface area contributed by atoms with Crippen molar-refractivity contribution in [2.45, 2.75) is 13.5 Å². The van der Waals surface area contributed by atoms with Crippen molar-refractivity contribution >= 4 is 15.8 Å². The maximum Gasteiger partial charge on any atom is 0.339 e. The fourth-order valence-corrected chi connectivity index (χ4v) is 2.72. The van der Waals surface area contributed by atoms with E-state index in [0.29, 0.717) is 11.3 Å². The molecule has 21 heavy (non-hydrogen) atoms. The van der Waals surface area contributed by atoms with E-state index in [4.69, 9.17) is 0 Å². The Morgan fingerprint density at radius 2 is 1.95 bits per heavy atom. The molecule has 0 saturated carbocycles. The zero-order valence-electron chi connectivity index (χ0n) is 11.6. The minimum absolute atomic E-state index is 0.0563. The van der Waals surface area contributed by atoms with E-state index in [0.717, 1.165) is 0 Å². The molecule has 1 N–H and O–H groups in total. The monoisotopic (exact) mass is 308 g/mol. The van der Waals surface area contributed by atoms with E-state index >= 15 is 0 Å².